The van der Waals surface area contributed by atoms with Gasteiger partial charge < -0.3 is 20.6 Å². The summed E-state index contributed by atoms with van der Waals surface area (Å²) >= 11 is 0. The number of benzene rings is 2. The second-order valence-electron chi connectivity index (χ2n) is 10.6. The molecule has 39 heavy (non-hydrogen) atoms. The lowest BCUT2D eigenvalue weighted by atomic mass is 9.84. The fourth-order valence-electron chi connectivity index (χ4n) is 5.81. The minimum absolute atomic E-state index is 0.0628. The van der Waals surface area contributed by atoms with E-state index in [1.54, 1.807) is 25.0 Å². The zero-order valence-corrected chi connectivity index (χ0v) is 23.2. The van der Waals surface area contributed by atoms with Crippen LogP contribution in [0.25, 0.3) is 16.8 Å². The van der Waals surface area contributed by atoms with Gasteiger partial charge in [0, 0.05) is 32.0 Å². The molecular formula is C31H41N5O3. The third kappa shape index (κ3) is 6.69. The number of allylic oxidation sites excluding steroid dienone is 1. The summed E-state index contributed by atoms with van der Waals surface area (Å²) in [4.78, 5) is 12.1. The Morgan fingerprint density at radius 2 is 1.87 bits per heavy atom. The van der Waals surface area contributed by atoms with E-state index in [1.165, 1.54) is 48.9 Å². The second-order valence-corrected chi connectivity index (χ2v) is 10.6. The number of carboxylic acids is 1. The maximum atomic E-state index is 12.1. The molecule has 3 aromatic rings. The first-order valence-corrected chi connectivity index (χ1v) is 13.8. The van der Waals surface area contributed by atoms with Crippen molar-refractivity contribution in [2.45, 2.75) is 63.9 Å². The van der Waals surface area contributed by atoms with Crippen molar-refractivity contribution in [3.05, 3.63) is 83.4 Å². The second kappa shape index (κ2) is 13.0. The Labute approximate surface area is 231 Å². The quantitative estimate of drug-likeness (QED) is 0.205. The number of aromatic carboxylic acids is 1. The van der Waals surface area contributed by atoms with Crippen LogP contribution in [-0.4, -0.2) is 40.0 Å². The molecular weight excluding hydrogens is 490 g/mol. The molecule has 1 saturated carbocycles. The van der Waals surface area contributed by atoms with Gasteiger partial charge in [0.1, 0.15) is 5.56 Å². The van der Waals surface area contributed by atoms with Crippen LogP contribution in [0.1, 0.15) is 85.5 Å². The molecule has 0 radical (unpaired) electrons. The summed E-state index contributed by atoms with van der Waals surface area (Å²) in [5.41, 5.74) is 11.5. The Morgan fingerprint density at radius 3 is 2.51 bits per heavy atom. The zero-order chi connectivity index (χ0) is 27.9. The summed E-state index contributed by atoms with van der Waals surface area (Å²) in [6, 6.07) is 16.5. The normalized spacial score (nSPS) is 16.2. The van der Waals surface area contributed by atoms with E-state index in [1.807, 2.05) is 25.1 Å². The van der Waals surface area contributed by atoms with Crippen molar-refractivity contribution in [1.29, 1.82) is 0 Å². The lowest BCUT2D eigenvalue weighted by molar-refractivity contribution is 0.0695. The number of ether oxygens (including phenoxy) is 1. The number of carbonyl (C=O) groups is 1. The van der Waals surface area contributed by atoms with Crippen molar-refractivity contribution >= 4 is 5.97 Å². The molecule has 0 spiro atoms. The van der Waals surface area contributed by atoms with Crippen LogP contribution >= 0.6 is 0 Å². The van der Waals surface area contributed by atoms with Crippen molar-refractivity contribution in [1.82, 2.24) is 14.8 Å². The van der Waals surface area contributed by atoms with Crippen molar-refractivity contribution in [2.75, 3.05) is 14.2 Å². The first-order chi connectivity index (χ1) is 18.8. The Kier molecular flexibility index (Phi) is 9.43. The zero-order valence-electron chi connectivity index (χ0n) is 23.2. The topological polar surface area (TPSA) is 120 Å². The van der Waals surface area contributed by atoms with Crippen LogP contribution in [0.2, 0.25) is 0 Å². The monoisotopic (exact) mass is 531 g/mol. The number of nitrogens with zero attached hydrogens (tertiary/aromatic N) is 3. The van der Waals surface area contributed by atoms with E-state index in [0.29, 0.717) is 23.7 Å². The molecule has 2 unspecified atom stereocenters. The Morgan fingerprint density at radius 1 is 1.18 bits per heavy atom. The van der Waals surface area contributed by atoms with Gasteiger partial charge in [-0.25, -0.2) is 15.3 Å². The van der Waals surface area contributed by atoms with E-state index < -0.39 is 5.97 Å². The molecule has 1 heterocycles. The summed E-state index contributed by atoms with van der Waals surface area (Å²) in [6.45, 7) is 1.96. The van der Waals surface area contributed by atoms with E-state index in [2.05, 4.69) is 35.4 Å². The molecule has 1 aliphatic rings. The Balaban J connectivity index is 1.70. The maximum absolute atomic E-state index is 12.1. The van der Waals surface area contributed by atoms with Gasteiger partial charge in [-0.05, 0) is 53.6 Å². The largest absolute Gasteiger partial charge is 0.478 e. The van der Waals surface area contributed by atoms with Crippen LogP contribution in [0.3, 0.4) is 0 Å². The molecule has 8 nitrogen and oxygen atoms in total. The first-order valence-electron chi connectivity index (χ1n) is 13.8. The molecule has 2 aromatic carbocycles. The van der Waals surface area contributed by atoms with Gasteiger partial charge in [0.05, 0.1) is 23.7 Å². The molecule has 1 fully saturated rings. The third-order valence-electron chi connectivity index (χ3n) is 7.77. The van der Waals surface area contributed by atoms with Gasteiger partial charge in [-0.3, -0.25) is 0 Å². The summed E-state index contributed by atoms with van der Waals surface area (Å²) in [5, 5.41) is 15.8. The number of hydrazine groups is 1. The van der Waals surface area contributed by atoms with E-state index in [9.17, 15) is 9.90 Å². The smallest absolute Gasteiger partial charge is 0.339 e. The Bertz CT molecular complexity index is 1290. The van der Waals surface area contributed by atoms with Crippen molar-refractivity contribution in [3.8, 4) is 16.8 Å². The average Bonchev–Trinajstić information content (AvgIpc) is 3.37. The predicted molar refractivity (Wildman–Crippen MR) is 154 cm³/mol. The van der Waals surface area contributed by atoms with Gasteiger partial charge in [-0.1, -0.05) is 69.4 Å². The van der Waals surface area contributed by atoms with Gasteiger partial charge in [-0.15, -0.1) is 0 Å². The van der Waals surface area contributed by atoms with Crippen LogP contribution in [-0.2, 0) is 4.74 Å². The molecule has 5 N–H and O–H groups in total. The molecule has 208 valence electrons. The van der Waals surface area contributed by atoms with Crippen LogP contribution in [0.4, 0.5) is 0 Å². The SMILES string of the molecule is CCC(/C(N)=C/N(C)N)c1c(C(=O)O)cnn1-c1cccc(-c2cccc(C(CC3CCCCC3)OC)c2)c1. The van der Waals surface area contributed by atoms with E-state index in [-0.39, 0.29) is 17.6 Å². The summed E-state index contributed by atoms with van der Waals surface area (Å²) in [5.74, 6) is 5.09. The molecule has 1 aromatic heterocycles. The number of hydrogen-bond acceptors (Lipinski definition) is 6. The standard InChI is InChI=1S/C31H41N5O3/c1-4-26(28(32)20-35(2)33)30-27(31(37)38)19-34-36(30)25-15-9-13-23(18-25)22-12-8-14-24(17-22)29(39-3)16-21-10-6-5-7-11-21/h8-9,12-15,17-21,26,29H,4-7,10-11,16,32-33H2,1-3H3,(H,37,38)/b28-20-. The maximum Gasteiger partial charge on any atom is 0.339 e. The molecule has 0 aliphatic heterocycles. The van der Waals surface area contributed by atoms with E-state index in [0.717, 1.165) is 23.2 Å². The summed E-state index contributed by atoms with van der Waals surface area (Å²) in [6.07, 6.45) is 11.2. The van der Waals surface area contributed by atoms with Crippen LogP contribution < -0.4 is 11.6 Å². The minimum atomic E-state index is -1.05. The van der Waals surface area contributed by atoms with Crippen LogP contribution in [0, 0.1) is 5.92 Å². The number of nitrogens with two attached hydrogens (primary N) is 2. The molecule has 0 amide bonds. The number of methoxy groups -OCH3 is 1. The van der Waals surface area contributed by atoms with Gasteiger partial charge in [-0.2, -0.15) is 5.10 Å². The highest BCUT2D eigenvalue weighted by molar-refractivity contribution is 5.89. The fraction of sp³-hybridized carbons (Fsp3) is 0.419. The lowest BCUT2D eigenvalue weighted by Gasteiger charge is -2.26. The Hall–Kier alpha value is -3.62. The third-order valence-corrected chi connectivity index (χ3v) is 7.77. The number of carboxylic acid groups (broad SMARTS) is 1. The van der Waals surface area contributed by atoms with E-state index in [4.69, 9.17) is 16.3 Å². The van der Waals surface area contributed by atoms with Gasteiger partial charge in [0.25, 0.3) is 0 Å². The molecule has 2 atom stereocenters. The summed E-state index contributed by atoms with van der Waals surface area (Å²) in [7, 11) is 3.47. The first kappa shape index (κ1) is 28.4. The van der Waals surface area contributed by atoms with Gasteiger partial charge >= 0.3 is 5.97 Å². The molecule has 0 bridgehead atoms. The predicted octanol–water partition coefficient (Wildman–Crippen LogP) is 5.99. The van der Waals surface area contributed by atoms with Crippen LogP contribution in [0.15, 0.2) is 66.6 Å². The van der Waals surface area contributed by atoms with Crippen molar-refractivity contribution < 1.29 is 14.6 Å². The molecule has 4 rings (SSSR count). The van der Waals surface area contributed by atoms with E-state index >= 15 is 0 Å². The highest BCUT2D eigenvalue weighted by Gasteiger charge is 2.27. The van der Waals surface area contributed by atoms with Gasteiger partial charge in [0.15, 0.2) is 0 Å². The highest BCUT2D eigenvalue weighted by Crippen LogP contribution is 2.35. The van der Waals surface area contributed by atoms with Crippen molar-refractivity contribution in [2.24, 2.45) is 17.5 Å². The van der Waals surface area contributed by atoms with Gasteiger partial charge in [0.2, 0.25) is 0 Å². The van der Waals surface area contributed by atoms with Crippen LogP contribution in [0.5, 0.6) is 0 Å². The number of hydrogen-bond donors (Lipinski definition) is 3. The highest BCUT2D eigenvalue weighted by atomic mass is 16.5. The minimum Gasteiger partial charge on any atom is -0.478 e. The fourth-order valence-corrected chi connectivity index (χ4v) is 5.81. The average molecular weight is 532 g/mol. The molecule has 8 heteroatoms. The number of rotatable bonds is 11. The number of aromatic nitrogens is 2. The summed E-state index contributed by atoms with van der Waals surface area (Å²) < 4.78 is 7.64. The lowest BCUT2D eigenvalue weighted by Crippen LogP contribution is -2.24. The van der Waals surface area contributed by atoms with Crippen molar-refractivity contribution in [3.63, 3.8) is 0 Å². The molecule has 0 saturated heterocycles. The molecule has 1 aliphatic carbocycles.